The van der Waals surface area contributed by atoms with E-state index in [-0.39, 0.29) is 0 Å². The Hall–Kier alpha value is -2.90. The number of halogens is 1. The van der Waals surface area contributed by atoms with Crippen molar-refractivity contribution < 1.29 is 0 Å². The van der Waals surface area contributed by atoms with Crippen LogP contribution in [0.15, 0.2) is 114 Å². The Bertz CT molecular complexity index is 1050. The zero-order valence-corrected chi connectivity index (χ0v) is 16.4. The van der Waals surface area contributed by atoms with Crippen molar-refractivity contribution >= 4 is 27.6 Å². The fraction of sp³-hybridized carbons (Fsp3) is 0. The summed E-state index contributed by atoms with van der Waals surface area (Å²) in [7, 11) is 0. The molecule has 1 heteroatoms. The molecule has 0 fully saturated rings. The summed E-state index contributed by atoms with van der Waals surface area (Å²) in [4.78, 5) is 0. The first kappa shape index (κ1) is 17.5. The van der Waals surface area contributed by atoms with E-state index in [0.29, 0.717) is 0 Å². The fourth-order valence-electron chi connectivity index (χ4n) is 3.26. The van der Waals surface area contributed by atoms with Crippen molar-refractivity contribution in [2.45, 2.75) is 0 Å². The van der Waals surface area contributed by atoms with E-state index in [1.54, 1.807) is 0 Å². The molecule has 0 spiro atoms. The standard InChI is InChI=1S/C26H19Br/c27-23-16-17-24(21-12-6-2-7-13-21)26(19-23)25(22-14-8-3-9-15-22)18-20-10-4-1-5-11-20/h1-19H. The molecule has 0 aliphatic heterocycles. The molecule has 0 saturated carbocycles. The molecule has 0 bridgehead atoms. The number of benzene rings is 4. The highest BCUT2D eigenvalue weighted by Gasteiger charge is 2.12. The molecule has 0 nitrogen and oxygen atoms in total. The maximum Gasteiger partial charge on any atom is 0.0181 e. The van der Waals surface area contributed by atoms with Gasteiger partial charge in [0.05, 0.1) is 0 Å². The zero-order chi connectivity index (χ0) is 18.5. The molecule has 0 aliphatic rings. The summed E-state index contributed by atoms with van der Waals surface area (Å²) < 4.78 is 1.08. The van der Waals surface area contributed by atoms with Gasteiger partial charge in [0.25, 0.3) is 0 Å². The van der Waals surface area contributed by atoms with Crippen molar-refractivity contribution in [3.8, 4) is 11.1 Å². The molecule has 0 aromatic heterocycles. The van der Waals surface area contributed by atoms with Gasteiger partial charge in [0.15, 0.2) is 0 Å². The lowest BCUT2D eigenvalue weighted by Crippen LogP contribution is -1.93. The molecular formula is C26H19Br. The van der Waals surface area contributed by atoms with Crippen LogP contribution in [0.4, 0.5) is 0 Å². The minimum Gasteiger partial charge on any atom is -0.0622 e. The van der Waals surface area contributed by atoms with Crippen LogP contribution in [-0.2, 0) is 0 Å². The Morgan fingerprint density at radius 1 is 0.630 bits per heavy atom. The predicted octanol–water partition coefficient (Wildman–Crippen LogP) is 7.71. The van der Waals surface area contributed by atoms with E-state index in [9.17, 15) is 0 Å². The summed E-state index contributed by atoms with van der Waals surface area (Å²) in [6, 6.07) is 38.1. The van der Waals surface area contributed by atoms with E-state index in [2.05, 4.69) is 125 Å². The van der Waals surface area contributed by atoms with Gasteiger partial charge in [-0.1, -0.05) is 113 Å². The average molecular weight is 411 g/mol. The Morgan fingerprint density at radius 3 is 1.89 bits per heavy atom. The molecule has 0 radical (unpaired) electrons. The highest BCUT2D eigenvalue weighted by molar-refractivity contribution is 9.10. The highest BCUT2D eigenvalue weighted by Crippen LogP contribution is 2.36. The zero-order valence-electron chi connectivity index (χ0n) is 14.8. The first-order chi connectivity index (χ1) is 13.3. The van der Waals surface area contributed by atoms with Crippen LogP contribution in [0.3, 0.4) is 0 Å². The summed E-state index contributed by atoms with van der Waals surface area (Å²) in [5, 5.41) is 0. The van der Waals surface area contributed by atoms with Gasteiger partial charge in [0, 0.05) is 4.47 Å². The predicted molar refractivity (Wildman–Crippen MR) is 119 cm³/mol. The molecule has 130 valence electrons. The third-order valence-electron chi connectivity index (χ3n) is 4.55. The van der Waals surface area contributed by atoms with E-state index in [1.165, 1.54) is 33.4 Å². The second-order valence-electron chi connectivity index (χ2n) is 6.39. The maximum atomic E-state index is 3.67. The number of rotatable bonds is 4. The number of hydrogen-bond donors (Lipinski definition) is 0. The smallest absolute Gasteiger partial charge is 0.0181 e. The van der Waals surface area contributed by atoms with Crippen molar-refractivity contribution in [1.29, 1.82) is 0 Å². The topological polar surface area (TPSA) is 0 Å². The van der Waals surface area contributed by atoms with Gasteiger partial charge >= 0.3 is 0 Å². The van der Waals surface area contributed by atoms with E-state index < -0.39 is 0 Å². The Labute approximate surface area is 169 Å². The Balaban J connectivity index is 1.96. The summed E-state index contributed by atoms with van der Waals surface area (Å²) in [5.41, 5.74) is 7.26. The van der Waals surface area contributed by atoms with Gasteiger partial charge in [-0.25, -0.2) is 0 Å². The second kappa shape index (κ2) is 8.20. The van der Waals surface area contributed by atoms with Gasteiger partial charge in [0.2, 0.25) is 0 Å². The highest BCUT2D eigenvalue weighted by atomic mass is 79.9. The first-order valence-electron chi connectivity index (χ1n) is 8.99. The first-order valence-corrected chi connectivity index (χ1v) is 9.78. The fourth-order valence-corrected chi connectivity index (χ4v) is 3.62. The molecule has 0 unspecified atom stereocenters. The van der Waals surface area contributed by atoms with Crippen molar-refractivity contribution in [2.75, 3.05) is 0 Å². The lowest BCUT2D eigenvalue weighted by molar-refractivity contribution is 1.51. The van der Waals surface area contributed by atoms with Crippen molar-refractivity contribution in [3.63, 3.8) is 0 Å². The van der Waals surface area contributed by atoms with Gasteiger partial charge in [-0.3, -0.25) is 0 Å². The minimum absolute atomic E-state index is 1.08. The minimum atomic E-state index is 1.08. The van der Waals surface area contributed by atoms with E-state index >= 15 is 0 Å². The van der Waals surface area contributed by atoms with Crippen LogP contribution in [0.5, 0.6) is 0 Å². The SMILES string of the molecule is Brc1ccc(-c2ccccc2)c(C(=Cc2ccccc2)c2ccccc2)c1. The summed E-state index contributed by atoms with van der Waals surface area (Å²) in [6.07, 6.45) is 2.27. The molecular weight excluding hydrogens is 392 g/mol. The monoisotopic (exact) mass is 410 g/mol. The molecule has 0 N–H and O–H groups in total. The van der Waals surface area contributed by atoms with Crippen LogP contribution in [0.1, 0.15) is 16.7 Å². The van der Waals surface area contributed by atoms with Crippen molar-refractivity contribution in [2.24, 2.45) is 0 Å². The van der Waals surface area contributed by atoms with Crippen LogP contribution >= 0.6 is 15.9 Å². The van der Waals surface area contributed by atoms with E-state index in [4.69, 9.17) is 0 Å². The summed E-state index contributed by atoms with van der Waals surface area (Å²) in [5.74, 6) is 0. The quantitative estimate of drug-likeness (QED) is 0.302. The number of hydrogen-bond acceptors (Lipinski definition) is 0. The van der Waals surface area contributed by atoms with Crippen molar-refractivity contribution in [1.82, 2.24) is 0 Å². The van der Waals surface area contributed by atoms with E-state index in [0.717, 1.165) is 4.47 Å². The van der Waals surface area contributed by atoms with Gasteiger partial charge in [0.1, 0.15) is 0 Å². The van der Waals surface area contributed by atoms with Crippen LogP contribution in [0.25, 0.3) is 22.8 Å². The maximum absolute atomic E-state index is 3.67. The van der Waals surface area contributed by atoms with Crippen LogP contribution < -0.4 is 0 Å². The molecule has 0 saturated heterocycles. The van der Waals surface area contributed by atoms with Gasteiger partial charge in [-0.2, -0.15) is 0 Å². The molecule has 0 heterocycles. The molecule has 4 aromatic carbocycles. The molecule has 0 aliphatic carbocycles. The lowest BCUT2D eigenvalue weighted by Gasteiger charge is -2.15. The Morgan fingerprint density at radius 2 is 1.22 bits per heavy atom. The molecule has 0 atom stereocenters. The van der Waals surface area contributed by atoms with Crippen LogP contribution in [0.2, 0.25) is 0 Å². The molecule has 27 heavy (non-hydrogen) atoms. The largest absolute Gasteiger partial charge is 0.0622 e. The van der Waals surface area contributed by atoms with Crippen LogP contribution in [-0.4, -0.2) is 0 Å². The molecule has 4 rings (SSSR count). The normalized spacial score (nSPS) is 11.4. The van der Waals surface area contributed by atoms with Gasteiger partial charge < -0.3 is 0 Å². The summed E-state index contributed by atoms with van der Waals surface area (Å²) in [6.45, 7) is 0. The molecule has 0 amide bonds. The molecule has 4 aromatic rings. The van der Waals surface area contributed by atoms with Gasteiger partial charge in [-0.15, -0.1) is 0 Å². The third-order valence-corrected chi connectivity index (χ3v) is 5.05. The Kier molecular flexibility index (Phi) is 5.32. The van der Waals surface area contributed by atoms with Gasteiger partial charge in [-0.05, 0) is 51.6 Å². The lowest BCUT2D eigenvalue weighted by atomic mass is 9.89. The second-order valence-corrected chi connectivity index (χ2v) is 7.31. The van der Waals surface area contributed by atoms with E-state index in [1.807, 2.05) is 6.07 Å². The third kappa shape index (κ3) is 4.10. The average Bonchev–Trinajstić information content (AvgIpc) is 2.74. The van der Waals surface area contributed by atoms with Crippen molar-refractivity contribution in [3.05, 3.63) is 130 Å². The summed E-state index contributed by atoms with van der Waals surface area (Å²) >= 11 is 3.67. The van der Waals surface area contributed by atoms with Crippen LogP contribution in [0, 0.1) is 0 Å².